The Hall–Kier alpha value is -0.940. The predicted molar refractivity (Wildman–Crippen MR) is 75.1 cm³/mol. The van der Waals surface area contributed by atoms with Gasteiger partial charge in [-0.1, -0.05) is 19.0 Å². The number of nitrogens with zero attached hydrogens (tertiary/aromatic N) is 2. The third kappa shape index (κ3) is 4.01. The van der Waals surface area contributed by atoms with Crippen molar-refractivity contribution >= 4 is 0 Å². The van der Waals surface area contributed by atoms with Gasteiger partial charge in [0, 0.05) is 13.2 Å². The van der Waals surface area contributed by atoms with E-state index in [9.17, 15) is 0 Å². The van der Waals surface area contributed by atoms with Crippen LogP contribution in [0.25, 0.3) is 0 Å². The smallest absolute Gasteiger partial charge is 0.231 e. The Morgan fingerprint density at radius 2 is 2.05 bits per heavy atom. The maximum Gasteiger partial charge on any atom is 0.231 e. The second-order valence-corrected chi connectivity index (χ2v) is 5.43. The molecular weight excluding hydrogens is 242 g/mol. The first kappa shape index (κ1) is 16.1. The van der Waals surface area contributed by atoms with Crippen LogP contribution in [0.3, 0.4) is 0 Å². The highest BCUT2D eigenvalue weighted by Crippen LogP contribution is 2.26. The number of rotatable bonds is 8. The van der Waals surface area contributed by atoms with E-state index in [1.807, 2.05) is 13.8 Å². The molecule has 1 aromatic rings. The largest absolute Gasteiger partial charge is 0.371 e. The maximum absolute atomic E-state index is 5.43. The van der Waals surface area contributed by atoms with Crippen LogP contribution in [0.5, 0.6) is 0 Å². The van der Waals surface area contributed by atoms with Crippen LogP contribution < -0.4 is 5.32 Å². The molecule has 0 spiro atoms. The Kier molecular flexibility index (Phi) is 5.94. The molecule has 19 heavy (non-hydrogen) atoms. The molecule has 1 aromatic heterocycles. The minimum absolute atomic E-state index is 0.237. The lowest BCUT2D eigenvalue weighted by atomic mass is 9.98. The first-order valence-corrected chi connectivity index (χ1v) is 7.08. The van der Waals surface area contributed by atoms with E-state index >= 15 is 0 Å². The first-order valence-electron chi connectivity index (χ1n) is 7.08. The number of hydrogen-bond donors (Lipinski definition) is 1. The van der Waals surface area contributed by atoms with E-state index in [4.69, 9.17) is 9.26 Å². The van der Waals surface area contributed by atoms with Crippen molar-refractivity contribution in [1.82, 2.24) is 15.5 Å². The molecule has 5 heteroatoms. The first-order chi connectivity index (χ1) is 8.96. The van der Waals surface area contributed by atoms with Crippen LogP contribution >= 0.6 is 0 Å². The number of hydrogen-bond acceptors (Lipinski definition) is 5. The SMILES string of the molecule is CCCNC(C)C(CC)c1nc(C(C)(C)OC)no1. The van der Waals surface area contributed by atoms with Gasteiger partial charge in [-0.2, -0.15) is 4.98 Å². The summed E-state index contributed by atoms with van der Waals surface area (Å²) >= 11 is 0. The maximum atomic E-state index is 5.43. The molecule has 0 aliphatic heterocycles. The van der Waals surface area contributed by atoms with Crippen LogP contribution in [0.4, 0.5) is 0 Å². The van der Waals surface area contributed by atoms with Gasteiger partial charge < -0.3 is 14.6 Å². The fourth-order valence-corrected chi connectivity index (χ4v) is 1.98. The number of nitrogens with one attached hydrogen (secondary N) is 1. The molecule has 0 amide bonds. The van der Waals surface area contributed by atoms with Gasteiger partial charge in [0.2, 0.25) is 11.7 Å². The molecule has 0 saturated heterocycles. The van der Waals surface area contributed by atoms with Crippen molar-refractivity contribution in [2.24, 2.45) is 0 Å². The molecule has 0 aliphatic rings. The lowest BCUT2D eigenvalue weighted by Gasteiger charge is -2.20. The zero-order valence-corrected chi connectivity index (χ0v) is 13.0. The summed E-state index contributed by atoms with van der Waals surface area (Å²) < 4.78 is 10.8. The molecule has 2 atom stereocenters. The average Bonchev–Trinajstić information content (AvgIpc) is 2.87. The Bertz CT molecular complexity index is 377. The molecule has 0 aliphatic carbocycles. The van der Waals surface area contributed by atoms with Gasteiger partial charge in [-0.15, -0.1) is 0 Å². The standard InChI is InChI=1S/C14H27N3O2/c1-7-9-15-10(3)11(8-2)12-16-13(17-19-12)14(4,5)18-6/h10-11,15H,7-9H2,1-6H3. The highest BCUT2D eigenvalue weighted by molar-refractivity contribution is 5.02. The van der Waals surface area contributed by atoms with Crippen molar-refractivity contribution in [3.8, 4) is 0 Å². The van der Waals surface area contributed by atoms with Crippen LogP contribution in [0.15, 0.2) is 4.52 Å². The third-order valence-electron chi connectivity index (χ3n) is 3.57. The molecule has 0 fully saturated rings. The third-order valence-corrected chi connectivity index (χ3v) is 3.57. The van der Waals surface area contributed by atoms with E-state index in [2.05, 4.69) is 36.2 Å². The van der Waals surface area contributed by atoms with Crippen LogP contribution in [-0.4, -0.2) is 29.8 Å². The summed E-state index contributed by atoms with van der Waals surface area (Å²) in [4.78, 5) is 4.51. The second kappa shape index (κ2) is 7.01. The highest BCUT2D eigenvalue weighted by Gasteiger charge is 2.29. The van der Waals surface area contributed by atoms with Crippen LogP contribution in [0, 0.1) is 0 Å². The van der Waals surface area contributed by atoms with Crippen molar-refractivity contribution in [2.75, 3.05) is 13.7 Å². The molecule has 1 heterocycles. The number of ether oxygens (including phenoxy) is 1. The van der Waals surface area contributed by atoms with Crippen LogP contribution in [0.1, 0.15) is 65.1 Å². The van der Waals surface area contributed by atoms with Crippen molar-refractivity contribution in [3.05, 3.63) is 11.7 Å². The van der Waals surface area contributed by atoms with Gasteiger partial charge in [-0.25, -0.2) is 0 Å². The molecule has 0 bridgehead atoms. The van der Waals surface area contributed by atoms with E-state index in [0.717, 1.165) is 19.4 Å². The van der Waals surface area contributed by atoms with Crippen LogP contribution in [0.2, 0.25) is 0 Å². The zero-order valence-electron chi connectivity index (χ0n) is 13.0. The van der Waals surface area contributed by atoms with E-state index in [1.165, 1.54) is 0 Å². The van der Waals surface area contributed by atoms with Crippen LogP contribution in [-0.2, 0) is 10.3 Å². The molecule has 1 rings (SSSR count). The van der Waals surface area contributed by atoms with Gasteiger partial charge in [0.25, 0.3) is 0 Å². The number of methoxy groups -OCH3 is 1. The molecule has 2 unspecified atom stereocenters. The highest BCUT2D eigenvalue weighted by atomic mass is 16.5. The quantitative estimate of drug-likeness (QED) is 0.786. The van der Waals surface area contributed by atoms with Crippen molar-refractivity contribution in [3.63, 3.8) is 0 Å². The van der Waals surface area contributed by atoms with E-state index < -0.39 is 5.60 Å². The molecule has 1 N–H and O–H groups in total. The van der Waals surface area contributed by atoms with Gasteiger partial charge in [0.1, 0.15) is 5.60 Å². The van der Waals surface area contributed by atoms with Crippen molar-refractivity contribution < 1.29 is 9.26 Å². The average molecular weight is 269 g/mol. The minimum atomic E-state index is -0.514. The summed E-state index contributed by atoms with van der Waals surface area (Å²) in [6.07, 6.45) is 2.08. The summed E-state index contributed by atoms with van der Waals surface area (Å²) in [5.74, 6) is 1.53. The Labute approximate surface area is 116 Å². The van der Waals surface area contributed by atoms with Gasteiger partial charge >= 0.3 is 0 Å². The van der Waals surface area contributed by atoms with Crippen molar-refractivity contribution in [2.45, 2.75) is 65.0 Å². The van der Waals surface area contributed by atoms with Gasteiger partial charge in [-0.05, 0) is 40.2 Å². The fourth-order valence-electron chi connectivity index (χ4n) is 1.98. The Balaban J connectivity index is 2.82. The molecule has 0 radical (unpaired) electrons. The summed E-state index contributed by atoms with van der Waals surface area (Å²) in [7, 11) is 1.65. The lowest BCUT2D eigenvalue weighted by molar-refractivity contribution is 0.00973. The van der Waals surface area contributed by atoms with E-state index in [-0.39, 0.29) is 5.92 Å². The fraction of sp³-hybridized carbons (Fsp3) is 0.857. The topological polar surface area (TPSA) is 60.2 Å². The lowest BCUT2D eigenvalue weighted by Crippen LogP contribution is -2.32. The van der Waals surface area contributed by atoms with Crippen molar-refractivity contribution in [1.29, 1.82) is 0 Å². The molecule has 0 aromatic carbocycles. The summed E-state index contributed by atoms with van der Waals surface area (Å²) in [5, 5.41) is 7.54. The minimum Gasteiger partial charge on any atom is -0.371 e. The predicted octanol–water partition coefficient (Wildman–Crippen LogP) is 2.83. The van der Waals surface area contributed by atoms with Gasteiger partial charge in [-0.3, -0.25) is 0 Å². The molecular formula is C14H27N3O2. The van der Waals surface area contributed by atoms with E-state index in [0.29, 0.717) is 17.8 Å². The normalized spacial score (nSPS) is 15.5. The molecule has 110 valence electrons. The Morgan fingerprint density at radius 3 is 2.58 bits per heavy atom. The second-order valence-electron chi connectivity index (χ2n) is 5.43. The van der Waals surface area contributed by atoms with E-state index in [1.54, 1.807) is 7.11 Å². The number of aromatic nitrogens is 2. The van der Waals surface area contributed by atoms with Gasteiger partial charge in [0.15, 0.2) is 0 Å². The molecule has 5 nitrogen and oxygen atoms in total. The van der Waals surface area contributed by atoms with Gasteiger partial charge in [0.05, 0.1) is 5.92 Å². The summed E-state index contributed by atoms with van der Waals surface area (Å²) in [6.45, 7) is 11.3. The summed E-state index contributed by atoms with van der Waals surface area (Å²) in [6, 6.07) is 0.323. The zero-order chi connectivity index (χ0) is 14.5. The summed E-state index contributed by atoms with van der Waals surface area (Å²) in [5.41, 5.74) is -0.514. The monoisotopic (exact) mass is 269 g/mol. The Morgan fingerprint density at radius 1 is 1.37 bits per heavy atom. The molecule has 0 saturated carbocycles.